The van der Waals surface area contributed by atoms with Gasteiger partial charge in [0.25, 0.3) is 5.91 Å². The molecule has 4 aliphatic heterocycles. The minimum atomic E-state index is -2.46. The minimum Gasteiger partial charge on any atom is -0.497 e. The van der Waals surface area contributed by atoms with Gasteiger partial charge in [0.2, 0.25) is 11.8 Å². The zero-order chi connectivity index (χ0) is 35.4. The van der Waals surface area contributed by atoms with Crippen molar-refractivity contribution in [1.82, 2.24) is 4.90 Å². The number of fused-ring (bicyclic) bond motifs is 2. The van der Waals surface area contributed by atoms with Gasteiger partial charge in [-0.3, -0.25) is 14.4 Å². The van der Waals surface area contributed by atoms with Gasteiger partial charge in [0, 0.05) is 36.7 Å². The van der Waals surface area contributed by atoms with Crippen molar-refractivity contribution >= 4 is 42.4 Å². The third-order valence-electron chi connectivity index (χ3n) is 11.8. The number of likely N-dealkylation sites (tertiary alicyclic amines) is 1. The molecule has 5 atom stereocenters. The predicted octanol–water partition coefficient (Wildman–Crippen LogP) is 4.58. The number of nitrogens with zero attached hydrogens (tertiary/aromatic N) is 3. The van der Waals surface area contributed by atoms with E-state index < -0.39 is 19.8 Å². The molecule has 7 rings (SSSR count). The summed E-state index contributed by atoms with van der Waals surface area (Å²) in [6.45, 7) is 8.30. The van der Waals surface area contributed by atoms with Crippen LogP contribution in [0.25, 0.3) is 0 Å². The third-order valence-corrected chi connectivity index (χ3v) is 16.1. The average Bonchev–Trinajstić information content (AvgIpc) is 3.78. The molecule has 0 unspecified atom stereocenters. The molecule has 0 radical (unpaired) electrons. The topological polar surface area (TPSA) is 109 Å². The fraction of sp³-hybridized carbons (Fsp3) is 0.462. The van der Waals surface area contributed by atoms with E-state index in [2.05, 4.69) is 32.2 Å². The molecule has 4 aliphatic rings. The van der Waals surface area contributed by atoms with E-state index in [1.165, 1.54) is 5.19 Å². The quantitative estimate of drug-likeness (QED) is 0.244. The summed E-state index contributed by atoms with van der Waals surface area (Å²) in [5.74, 6) is 1.04. The molecule has 0 bridgehead atoms. The Bertz CT molecular complexity index is 1780. The Kier molecular flexibility index (Phi) is 9.02. The number of ether oxygens (including phenoxy) is 3. The number of β-lactam (4-membered cyclic amide) rings is 1. The summed E-state index contributed by atoms with van der Waals surface area (Å²) >= 11 is 0. The first-order valence-electron chi connectivity index (χ1n) is 17.7. The first kappa shape index (κ1) is 34.3. The number of aliphatic hydroxyl groups excluding tert-OH is 1. The maximum atomic E-state index is 15.1. The number of aliphatic hydroxyl groups is 1. The fourth-order valence-corrected chi connectivity index (χ4v) is 13.0. The molecule has 3 fully saturated rings. The van der Waals surface area contributed by atoms with Crippen molar-refractivity contribution in [3.05, 3.63) is 77.9 Å². The Morgan fingerprint density at radius 3 is 2.30 bits per heavy atom. The van der Waals surface area contributed by atoms with Gasteiger partial charge in [-0.25, -0.2) is 0 Å². The van der Waals surface area contributed by atoms with Gasteiger partial charge in [-0.05, 0) is 66.4 Å². The molecule has 0 aromatic heterocycles. The predicted molar refractivity (Wildman–Crippen MR) is 194 cm³/mol. The first-order valence-corrected chi connectivity index (χ1v) is 20.7. The fourth-order valence-electron chi connectivity index (χ4n) is 8.97. The molecular weight excluding hydrogens is 651 g/mol. The smallest absolute Gasteiger partial charge is 0.264 e. The van der Waals surface area contributed by atoms with Gasteiger partial charge in [0.15, 0.2) is 5.60 Å². The Hall–Kier alpha value is -4.19. The van der Waals surface area contributed by atoms with Crippen LogP contribution in [0.4, 0.5) is 11.4 Å². The average molecular weight is 698 g/mol. The lowest BCUT2D eigenvalue weighted by Crippen LogP contribution is -2.52. The zero-order valence-electron chi connectivity index (χ0n) is 29.6. The molecule has 3 aromatic carbocycles. The summed E-state index contributed by atoms with van der Waals surface area (Å²) in [6.07, 6.45) is 1.80. The molecule has 0 aliphatic carbocycles. The van der Waals surface area contributed by atoms with Crippen molar-refractivity contribution in [1.29, 1.82) is 0 Å². The standard InChI is InChI=1S/C39H47N3O7Si/c1-25-37(50(4,5)31-15-12-29(47-2)13-16-31)34(22-36(45)40-19-6-7-28(40)24-43)49-39(25)32-21-30(48-3)14-17-33(32)42(38(39)46)23-26-8-10-27(11-9-26)41-20-18-35(41)44/h8-17,21,25,28,34,37,43H,6-7,18-20,22-24H2,1-5H3/t25-,28+,34+,37-,39+/m1/s1. The van der Waals surface area contributed by atoms with Gasteiger partial charge in [-0.2, -0.15) is 0 Å². The molecule has 10 nitrogen and oxygen atoms in total. The Morgan fingerprint density at radius 1 is 0.980 bits per heavy atom. The van der Waals surface area contributed by atoms with Crippen molar-refractivity contribution in [2.75, 3.05) is 43.7 Å². The van der Waals surface area contributed by atoms with Gasteiger partial charge < -0.3 is 34.0 Å². The van der Waals surface area contributed by atoms with Crippen LogP contribution in [0, 0.1) is 5.92 Å². The van der Waals surface area contributed by atoms with E-state index in [4.69, 9.17) is 14.2 Å². The second-order valence-corrected chi connectivity index (χ2v) is 19.4. The lowest BCUT2D eigenvalue weighted by atomic mass is 9.82. The number of carbonyl (C=O) groups excluding carboxylic acids is 3. The molecular formula is C39H47N3O7Si. The molecule has 0 saturated carbocycles. The summed E-state index contributed by atoms with van der Waals surface area (Å²) in [6, 6.07) is 21.5. The Labute approximate surface area is 294 Å². The van der Waals surface area contributed by atoms with Crippen molar-refractivity contribution in [3.8, 4) is 11.5 Å². The number of carbonyl (C=O) groups is 3. The highest BCUT2D eigenvalue weighted by Crippen LogP contribution is 2.60. The number of anilines is 2. The summed E-state index contributed by atoms with van der Waals surface area (Å²) in [4.78, 5) is 46.5. The highest BCUT2D eigenvalue weighted by molar-refractivity contribution is 6.91. The molecule has 4 heterocycles. The second-order valence-electron chi connectivity index (χ2n) is 14.7. The lowest BCUT2D eigenvalue weighted by molar-refractivity contribution is -0.150. The number of methoxy groups -OCH3 is 2. The van der Waals surface area contributed by atoms with Crippen LogP contribution in [0.3, 0.4) is 0 Å². The SMILES string of the molecule is COc1ccc([Si](C)(C)[C@H]2[C@H](CC(=O)N3CCC[C@H]3CO)O[C@@]3(C(=O)N(Cc4ccc(N5CCC5=O)cc4)c4ccc(OC)cc43)[C@@H]2C)cc1. The lowest BCUT2D eigenvalue weighted by Gasteiger charge is -2.37. The van der Waals surface area contributed by atoms with E-state index in [1.54, 1.807) is 28.9 Å². The van der Waals surface area contributed by atoms with Gasteiger partial charge in [-0.1, -0.05) is 49.5 Å². The number of hydrogen-bond acceptors (Lipinski definition) is 7. The normalized spacial score (nSPS) is 26.1. The van der Waals surface area contributed by atoms with Crippen molar-refractivity contribution in [2.45, 2.75) is 75.5 Å². The van der Waals surface area contributed by atoms with Crippen LogP contribution < -0.4 is 24.5 Å². The maximum absolute atomic E-state index is 15.1. The third kappa shape index (κ3) is 5.50. The Morgan fingerprint density at radius 2 is 1.68 bits per heavy atom. The second kappa shape index (κ2) is 13.2. The maximum Gasteiger partial charge on any atom is 0.264 e. The highest BCUT2D eigenvalue weighted by Gasteiger charge is 2.66. The highest BCUT2D eigenvalue weighted by atomic mass is 28.3. The minimum absolute atomic E-state index is 0.0470. The van der Waals surface area contributed by atoms with E-state index in [1.807, 2.05) is 54.6 Å². The van der Waals surface area contributed by atoms with Crippen LogP contribution in [-0.2, 0) is 31.3 Å². The van der Waals surface area contributed by atoms with E-state index in [9.17, 15) is 14.7 Å². The van der Waals surface area contributed by atoms with E-state index in [0.29, 0.717) is 25.3 Å². The summed E-state index contributed by atoms with van der Waals surface area (Å²) in [5.41, 5.74) is 1.87. The summed E-state index contributed by atoms with van der Waals surface area (Å²) < 4.78 is 18.3. The summed E-state index contributed by atoms with van der Waals surface area (Å²) in [5, 5.41) is 11.2. The first-order chi connectivity index (χ1) is 24.0. The molecule has 1 N–H and O–H groups in total. The molecule has 3 aromatic rings. The van der Waals surface area contributed by atoms with Gasteiger partial charge in [0.1, 0.15) is 11.5 Å². The monoisotopic (exact) mass is 697 g/mol. The zero-order valence-corrected chi connectivity index (χ0v) is 30.6. The van der Waals surface area contributed by atoms with Crippen molar-refractivity contribution in [2.24, 2.45) is 5.92 Å². The Balaban J connectivity index is 1.28. The van der Waals surface area contributed by atoms with Crippen molar-refractivity contribution < 1.29 is 33.7 Å². The molecule has 3 saturated heterocycles. The molecule has 3 amide bonds. The molecule has 1 spiro atoms. The van der Waals surface area contributed by atoms with E-state index in [0.717, 1.165) is 47.6 Å². The van der Waals surface area contributed by atoms with Crippen LogP contribution in [0.2, 0.25) is 18.6 Å². The van der Waals surface area contributed by atoms with E-state index in [-0.39, 0.29) is 48.3 Å². The number of hydrogen-bond donors (Lipinski definition) is 1. The molecule has 11 heteroatoms. The number of amides is 3. The van der Waals surface area contributed by atoms with Crippen LogP contribution in [0.1, 0.15) is 43.7 Å². The molecule has 50 heavy (non-hydrogen) atoms. The van der Waals surface area contributed by atoms with Crippen LogP contribution in [0.15, 0.2) is 66.7 Å². The van der Waals surface area contributed by atoms with Gasteiger partial charge >= 0.3 is 0 Å². The largest absolute Gasteiger partial charge is 0.497 e. The van der Waals surface area contributed by atoms with Crippen LogP contribution in [0.5, 0.6) is 11.5 Å². The van der Waals surface area contributed by atoms with Crippen molar-refractivity contribution in [3.63, 3.8) is 0 Å². The van der Waals surface area contributed by atoms with Gasteiger partial charge in [0.05, 0.1) is 59.7 Å². The van der Waals surface area contributed by atoms with Crippen LogP contribution >= 0.6 is 0 Å². The number of benzene rings is 3. The number of rotatable bonds is 10. The summed E-state index contributed by atoms with van der Waals surface area (Å²) in [7, 11) is 0.808. The van der Waals surface area contributed by atoms with Gasteiger partial charge in [-0.15, -0.1) is 0 Å². The van der Waals surface area contributed by atoms with Crippen LogP contribution in [-0.4, -0.2) is 81.9 Å². The van der Waals surface area contributed by atoms with E-state index >= 15 is 4.79 Å². The molecule has 264 valence electrons.